The number of hydrogen-bond acceptors (Lipinski definition) is 5. The van der Waals surface area contributed by atoms with E-state index in [-0.39, 0.29) is 24.2 Å². The summed E-state index contributed by atoms with van der Waals surface area (Å²) in [6.07, 6.45) is 0.979. The highest BCUT2D eigenvalue weighted by Gasteiger charge is 2.38. The number of benzene rings is 2. The molecule has 2 aliphatic heterocycles. The monoisotopic (exact) mass is 410 g/mol. The molecule has 2 amide bonds. The summed E-state index contributed by atoms with van der Waals surface area (Å²) >= 11 is 0. The average molecular weight is 410 g/mol. The number of anilines is 1. The fourth-order valence-corrected chi connectivity index (χ4v) is 4.23. The second-order valence-electron chi connectivity index (χ2n) is 7.59. The van der Waals surface area contributed by atoms with E-state index in [0.717, 1.165) is 23.2 Å². The van der Waals surface area contributed by atoms with Gasteiger partial charge in [-0.05, 0) is 41.8 Å². The second-order valence-corrected chi connectivity index (χ2v) is 7.59. The van der Waals surface area contributed by atoms with Gasteiger partial charge < -0.3 is 24.0 Å². The Bertz CT molecular complexity index is 974. The number of ether oxygens (including phenoxy) is 3. The summed E-state index contributed by atoms with van der Waals surface area (Å²) in [5.74, 6) is 1.69. The first-order valence-corrected chi connectivity index (χ1v) is 10.0. The van der Waals surface area contributed by atoms with E-state index in [2.05, 4.69) is 0 Å². The third kappa shape index (κ3) is 3.67. The van der Waals surface area contributed by atoms with Crippen molar-refractivity contribution < 1.29 is 23.8 Å². The van der Waals surface area contributed by atoms with Gasteiger partial charge in [0.2, 0.25) is 11.8 Å². The highest BCUT2D eigenvalue weighted by atomic mass is 16.5. The Hall–Kier alpha value is -3.22. The largest absolute Gasteiger partial charge is 0.497 e. The molecule has 1 fully saturated rings. The van der Waals surface area contributed by atoms with Crippen LogP contribution in [0.25, 0.3) is 0 Å². The molecule has 0 radical (unpaired) electrons. The number of hydrogen-bond donors (Lipinski definition) is 0. The molecule has 0 aromatic heterocycles. The fraction of sp³-hybridized carbons (Fsp3) is 0.391. The molecule has 7 nitrogen and oxygen atoms in total. The zero-order valence-corrected chi connectivity index (χ0v) is 17.5. The zero-order valence-electron chi connectivity index (χ0n) is 17.5. The molecule has 0 spiro atoms. The molecule has 0 N–H and O–H groups in total. The minimum absolute atomic E-state index is 0.0224. The predicted octanol–water partition coefficient (Wildman–Crippen LogP) is 2.65. The Morgan fingerprint density at radius 2 is 1.73 bits per heavy atom. The smallest absolute Gasteiger partial charge is 0.228 e. The highest BCUT2D eigenvalue weighted by molar-refractivity contribution is 6.00. The number of nitrogens with zero attached hydrogens (tertiary/aromatic N) is 2. The van der Waals surface area contributed by atoms with Crippen molar-refractivity contribution in [1.82, 2.24) is 4.90 Å². The molecule has 4 rings (SSSR count). The van der Waals surface area contributed by atoms with Crippen LogP contribution in [0.3, 0.4) is 0 Å². The van der Waals surface area contributed by atoms with E-state index in [9.17, 15) is 9.59 Å². The Kier molecular flexibility index (Phi) is 5.53. The van der Waals surface area contributed by atoms with Gasteiger partial charge in [-0.2, -0.15) is 0 Å². The number of rotatable bonds is 5. The van der Waals surface area contributed by atoms with Gasteiger partial charge in [0.05, 0.1) is 27.2 Å². The molecule has 2 aliphatic rings. The lowest BCUT2D eigenvalue weighted by Gasteiger charge is -2.31. The summed E-state index contributed by atoms with van der Waals surface area (Å²) in [5, 5.41) is 0. The number of carbonyl (C=O) groups excluding carboxylic acids is 2. The van der Waals surface area contributed by atoms with Crippen molar-refractivity contribution >= 4 is 17.5 Å². The summed E-state index contributed by atoms with van der Waals surface area (Å²) in [6, 6.07) is 11.3. The quantitative estimate of drug-likeness (QED) is 0.758. The summed E-state index contributed by atoms with van der Waals surface area (Å²) < 4.78 is 16.0. The molecule has 0 bridgehead atoms. The lowest BCUT2D eigenvalue weighted by atomic mass is 9.97. The highest BCUT2D eigenvalue weighted by Crippen LogP contribution is 2.34. The molecular weight excluding hydrogens is 384 g/mol. The molecule has 1 unspecified atom stereocenters. The molecule has 30 heavy (non-hydrogen) atoms. The minimum atomic E-state index is -0.342. The van der Waals surface area contributed by atoms with Crippen molar-refractivity contribution in [1.29, 1.82) is 0 Å². The molecule has 0 saturated carbocycles. The maximum Gasteiger partial charge on any atom is 0.228 e. The average Bonchev–Trinajstić information content (AvgIpc) is 3.18. The summed E-state index contributed by atoms with van der Waals surface area (Å²) in [7, 11) is 4.82. The second kappa shape index (κ2) is 8.26. The molecule has 0 aliphatic carbocycles. The molecule has 7 heteroatoms. The normalized spacial score (nSPS) is 18.2. The lowest BCUT2D eigenvalue weighted by Crippen LogP contribution is -2.40. The first kappa shape index (κ1) is 20.1. The first-order chi connectivity index (χ1) is 14.5. The Labute approximate surface area is 176 Å². The van der Waals surface area contributed by atoms with E-state index in [1.54, 1.807) is 26.2 Å². The summed E-state index contributed by atoms with van der Waals surface area (Å²) in [4.78, 5) is 29.3. The Morgan fingerprint density at radius 1 is 1.00 bits per heavy atom. The van der Waals surface area contributed by atoms with Crippen LogP contribution >= 0.6 is 0 Å². The van der Waals surface area contributed by atoms with Gasteiger partial charge in [-0.25, -0.2) is 0 Å². The summed E-state index contributed by atoms with van der Waals surface area (Å²) in [5.41, 5.74) is 2.98. The van der Waals surface area contributed by atoms with Crippen molar-refractivity contribution in [2.45, 2.75) is 19.4 Å². The SMILES string of the molecule is COc1cccc(N2CC(C(=O)N3CCc4cc(OC)c(OC)cc4C3)CC2=O)c1. The van der Waals surface area contributed by atoms with Gasteiger partial charge in [0.25, 0.3) is 0 Å². The van der Waals surface area contributed by atoms with Crippen LogP contribution in [-0.4, -0.2) is 51.1 Å². The molecular formula is C23H26N2O5. The molecule has 2 heterocycles. The molecule has 1 saturated heterocycles. The van der Waals surface area contributed by atoms with Crippen LogP contribution in [0.5, 0.6) is 17.2 Å². The van der Waals surface area contributed by atoms with Gasteiger partial charge in [-0.15, -0.1) is 0 Å². The topological polar surface area (TPSA) is 68.3 Å². The third-order valence-corrected chi connectivity index (χ3v) is 5.87. The van der Waals surface area contributed by atoms with Crippen molar-refractivity contribution in [2.24, 2.45) is 5.92 Å². The van der Waals surface area contributed by atoms with E-state index < -0.39 is 0 Å². The van der Waals surface area contributed by atoms with Crippen LogP contribution in [0, 0.1) is 5.92 Å². The van der Waals surface area contributed by atoms with E-state index >= 15 is 0 Å². The predicted molar refractivity (Wildman–Crippen MR) is 112 cm³/mol. The van der Waals surface area contributed by atoms with Crippen molar-refractivity contribution in [2.75, 3.05) is 39.3 Å². The van der Waals surface area contributed by atoms with Crippen molar-refractivity contribution in [3.05, 3.63) is 47.5 Å². The third-order valence-electron chi connectivity index (χ3n) is 5.87. The van der Waals surface area contributed by atoms with E-state index in [1.807, 2.05) is 41.3 Å². The van der Waals surface area contributed by atoms with Gasteiger partial charge in [-0.3, -0.25) is 9.59 Å². The number of fused-ring (bicyclic) bond motifs is 1. The summed E-state index contributed by atoms with van der Waals surface area (Å²) in [6.45, 7) is 1.53. The van der Waals surface area contributed by atoms with Crippen molar-refractivity contribution in [3.63, 3.8) is 0 Å². The maximum atomic E-state index is 13.2. The van der Waals surface area contributed by atoms with Gasteiger partial charge in [0.15, 0.2) is 11.5 Å². The Balaban J connectivity index is 1.48. The van der Waals surface area contributed by atoms with Gasteiger partial charge in [0.1, 0.15) is 5.75 Å². The van der Waals surface area contributed by atoms with Gasteiger partial charge >= 0.3 is 0 Å². The van der Waals surface area contributed by atoms with Crippen LogP contribution in [0.1, 0.15) is 17.5 Å². The molecule has 1 atom stereocenters. The first-order valence-electron chi connectivity index (χ1n) is 10.0. The van der Waals surface area contributed by atoms with Crippen LogP contribution in [0.4, 0.5) is 5.69 Å². The lowest BCUT2D eigenvalue weighted by molar-refractivity contribution is -0.136. The van der Waals surface area contributed by atoms with E-state index in [4.69, 9.17) is 14.2 Å². The van der Waals surface area contributed by atoms with E-state index in [0.29, 0.717) is 36.9 Å². The number of methoxy groups -OCH3 is 3. The van der Waals surface area contributed by atoms with Gasteiger partial charge in [0, 0.05) is 37.8 Å². The fourth-order valence-electron chi connectivity index (χ4n) is 4.23. The maximum absolute atomic E-state index is 13.2. The van der Waals surface area contributed by atoms with Crippen LogP contribution in [-0.2, 0) is 22.6 Å². The standard InChI is InChI=1S/C23H26N2O5/c1-28-19-6-4-5-18(12-19)25-14-17(11-22(25)26)23(27)24-8-7-15-9-20(29-2)21(30-3)10-16(15)13-24/h4-6,9-10,12,17H,7-8,11,13-14H2,1-3H3. The van der Waals surface area contributed by atoms with Crippen LogP contribution < -0.4 is 19.1 Å². The Morgan fingerprint density at radius 3 is 2.43 bits per heavy atom. The number of amides is 2. The van der Waals surface area contributed by atoms with E-state index in [1.165, 1.54) is 0 Å². The van der Waals surface area contributed by atoms with Crippen molar-refractivity contribution in [3.8, 4) is 17.2 Å². The van der Waals surface area contributed by atoms with Crippen LogP contribution in [0.15, 0.2) is 36.4 Å². The zero-order chi connectivity index (χ0) is 21.3. The number of carbonyl (C=O) groups is 2. The molecule has 2 aromatic carbocycles. The molecule has 158 valence electrons. The minimum Gasteiger partial charge on any atom is -0.497 e. The molecule has 2 aromatic rings. The van der Waals surface area contributed by atoms with Gasteiger partial charge in [-0.1, -0.05) is 6.07 Å². The van der Waals surface area contributed by atoms with Crippen LogP contribution in [0.2, 0.25) is 0 Å².